The van der Waals surface area contributed by atoms with Gasteiger partial charge >= 0.3 is 6.03 Å². The number of anilines is 2. The molecule has 1 unspecified atom stereocenters. The van der Waals surface area contributed by atoms with Crippen LogP contribution in [0.25, 0.3) is 0 Å². The van der Waals surface area contributed by atoms with Gasteiger partial charge in [0.25, 0.3) is 0 Å². The Balaban J connectivity index is 1.45. The van der Waals surface area contributed by atoms with Crippen LogP contribution in [-0.2, 0) is 0 Å². The summed E-state index contributed by atoms with van der Waals surface area (Å²) in [5, 5.41) is 3.12. The van der Waals surface area contributed by atoms with Crippen molar-refractivity contribution < 1.29 is 4.79 Å². The van der Waals surface area contributed by atoms with E-state index in [2.05, 4.69) is 20.2 Å². The second-order valence-corrected chi connectivity index (χ2v) is 8.58. The first-order valence-electron chi connectivity index (χ1n) is 9.90. The summed E-state index contributed by atoms with van der Waals surface area (Å²) in [5.74, 6) is 0.803. The Morgan fingerprint density at radius 2 is 1.82 bits per heavy atom. The van der Waals surface area contributed by atoms with Crippen molar-refractivity contribution in [1.82, 2.24) is 14.9 Å². The van der Waals surface area contributed by atoms with Crippen LogP contribution in [0, 0.1) is 5.41 Å². The highest BCUT2D eigenvalue weighted by Gasteiger charge is 2.41. The third-order valence-corrected chi connectivity index (χ3v) is 6.59. The van der Waals surface area contributed by atoms with E-state index in [9.17, 15) is 4.79 Å². The van der Waals surface area contributed by atoms with Crippen LogP contribution >= 0.6 is 11.8 Å². The van der Waals surface area contributed by atoms with E-state index in [-0.39, 0.29) is 11.4 Å². The molecule has 1 spiro atoms. The van der Waals surface area contributed by atoms with Gasteiger partial charge in [-0.25, -0.2) is 14.8 Å². The number of nitrogens with zero attached hydrogens (tertiary/aromatic N) is 4. The average molecular weight is 398 g/mol. The molecular weight excluding hydrogens is 370 g/mol. The van der Waals surface area contributed by atoms with Crippen LogP contribution in [0.3, 0.4) is 0 Å². The molecule has 1 aromatic carbocycles. The highest BCUT2D eigenvalue weighted by atomic mass is 32.2. The highest BCUT2D eigenvalue weighted by Crippen LogP contribution is 2.39. The Labute approximate surface area is 170 Å². The minimum absolute atomic E-state index is 0.00802. The average Bonchev–Trinajstić information content (AvgIpc) is 2.75. The third kappa shape index (κ3) is 4.09. The number of piperidine rings is 2. The Kier molecular flexibility index (Phi) is 5.71. The maximum absolute atomic E-state index is 13.0. The summed E-state index contributed by atoms with van der Waals surface area (Å²) in [6.45, 7) is 3.52. The van der Waals surface area contributed by atoms with E-state index >= 15 is 0 Å². The van der Waals surface area contributed by atoms with E-state index in [1.807, 2.05) is 41.5 Å². The lowest BCUT2D eigenvalue weighted by Gasteiger charge is -2.48. The van der Waals surface area contributed by atoms with Crippen molar-refractivity contribution in [2.45, 2.75) is 30.6 Å². The fourth-order valence-electron chi connectivity index (χ4n) is 4.49. The maximum Gasteiger partial charge on any atom is 0.321 e. The maximum atomic E-state index is 13.0. The molecule has 3 heterocycles. The normalized spacial score (nSPS) is 22.3. The summed E-state index contributed by atoms with van der Waals surface area (Å²) in [5.41, 5.74) is 1.02. The molecule has 2 aromatic rings. The van der Waals surface area contributed by atoms with Crippen molar-refractivity contribution >= 4 is 29.4 Å². The number of carbonyl (C=O) groups excluding carboxylic acids is 1. The van der Waals surface area contributed by atoms with Gasteiger partial charge in [0, 0.05) is 48.9 Å². The van der Waals surface area contributed by atoms with Gasteiger partial charge in [-0.05, 0) is 50.1 Å². The van der Waals surface area contributed by atoms with Crippen molar-refractivity contribution in [3.8, 4) is 0 Å². The van der Waals surface area contributed by atoms with Gasteiger partial charge in [0.2, 0.25) is 5.95 Å². The molecule has 6 nitrogen and oxygen atoms in total. The topological polar surface area (TPSA) is 61.4 Å². The molecule has 1 aromatic heterocycles. The summed E-state index contributed by atoms with van der Waals surface area (Å²) in [7, 11) is 0. The number of hydrogen-bond acceptors (Lipinski definition) is 5. The van der Waals surface area contributed by atoms with Crippen molar-refractivity contribution in [3.63, 3.8) is 0 Å². The first-order valence-corrected chi connectivity index (χ1v) is 11.1. The SMILES string of the molecule is CSc1ccccc1NC(=O)N1CCCC2(CCCN(c3ncccn3)C2)C1. The number of thioether (sulfide) groups is 1. The van der Waals surface area contributed by atoms with Crippen molar-refractivity contribution in [2.24, 2.45) is 5.41 Å². The van der Waals surface area contributed by atoms with Crippen LogP contribution in [0.5, 0.6) is 0 Å². The van der Waals surface area contributed by atoms with Gasteiger partial charge in [0.1, 0.15) is 0 Å². The molecule has 2 aliphatic rings. The van der Waals surface area contributed by atoms with Crippen LogP contribution in [0.2, 0.25) is 0 Å². The number of likely N-dealkylation sites (tertiary alicyclic amines) is 1. The van der Waals surface area contributed by atoms with Crippen LogP contribution in [0.4, 0.5) is 16.4 Å². The molecule has 7 heteroatoms. The summed E-state index contributed by atoms with van der Waals surface area (Å²) in [4.78, 5) is 27.2. The summed E-state index contributed by atoms with van der Waals surface area (Å²) in [6.07, 6.45) is 10.1. The number of nitrogens with one attached hydrogen (secondary N) is 1. The number of amides is 2. The molecule has 2 aliphatic heterocycles. The van der Waals surface area contributed by atoms with Gasteiger partial charge in [0.15, 0.2) is 0 Å². The molecule has 2 fully saturated rings. The second kappa shape index (κ2) is 8.39. The molecule has 148 valence electrons. The van der Waals surface area contributed by atoms with Crippen LogP contribution in [0.1, 0.15) is 25.7 Å². The van der Waals surface area contributed by atoms with E-state index in [4.69, 9.17) is 0 Å². The standard InChI is InChI=1S/C21H27N5OS/c1-28-18-8-3-2-7-17(18)24-20(27)26-14-5-10-21(16-26)9-4-13-25(15-21)19-22-11-6-12-23-19/h2-3,6-8,11-12H,4-5,9-10,13-16H2,1H3,(H,24,27). The van der Waals surface area contributed by atoms with Crippen molar-refractivity contribution in [3.05, 3.63) is 42.7 Å². The number of rotatable bonds is 3. The first kappa shape index (κ1) is 19.1. The molecule has 0 radical (unpaired) electrons. The van der Waals surface area contributed by atoms with Gasteiger partial charge in [-0.2, -0.15) is 0 Å². The molecule has 0 aliphatic carbocycles. The Morgan fingerprint density at radius 3 is 2.61 bits per heavy atom. The molecular formula is C21H27N5OS. The fraction of sp³-hybridized carbons (Fsp3) is 0.476. The van der Waals surface area contributed by atoms with Gasteiger partial charge in [0.05, 0.1) is 5.69 Å². The highest BCUT2D eigenvalue weighted by molar-refractivity contribution is 7.98. The van der Waals surface area contributed by atoms with E-state index in [0.717, 1.165) is 68.4 Å². The van der Waals surface area contributed by atoms with Crippen molar-refractivity contribution in [1.29, 1.82) is 0 Å². The molecule has 0 bridgehead atoms. The number of benzene rings is 1. The number of hydrogen-bond donors (Lipinski definition) is 1. The molecule has 2 amide bonds. The lowest BCUT2D eigenvalue weighted by molar-refractivity contribution is 0.0948. The van der Waals surface area contributed by atoms with Gasteiger partial charge in [-0.1, -0.05) is 12.1 Å². The Hall–Kier alpha value is -2.28. The number of carbonyl (C=O) groups is 1. The van der Waals surface area contributed by atoms with E-state index in [0.29, 0.717) is 0 Å². The van der Waals surface area contributed by atoms with Crippen molar-refractivity contribution in [2.75, 3.05) is 42.7 Å². The van der Waals surface area contributed by atoms with Gasteiger partial charge in [-0.3, -0.25) is 0 Å². The quantitative estimate of drug-likeness (QED) is 0.790. The smallest absolute Gasteiger partial charge is 0.321 e. The molecule has 0 saturated carbocycles. The minimum Gasteiger partial charge on any atom is -0.340 e. The first-order chi connectivity index (χ1) is 13.7. The Bertz CT molecular complexity index is 813. The monoisotopic (exact) mass is 397 g/mol. The van der Waals surface area contributed by atoms with E-state index in [1.165, 1.54) is 0 Å². The van der Waals surface area contributed by atoms with Gasteiger partial charge < -0.3 is 15.1 Å². The number of urea groups is 1. The zero-order valence-corrected chi connectivity index (χ0v) is 17.1. The minimum atomic E-state index is 0.00802. The summed E-state index contributed by atoms with van der Waals surface area (Å²) < 4.78 is 0. The fourth-order valence-corrected chi connectivity index (χ4v) is 5.04. The van der Waals surface area contributed by atoms with Crippen LogP contribution < -0.4 is 10.2 Å². The lowest BCUT2D eigenvalue weighted by atomic mass is 9.74. The third-order valence-electron chi connectivity index (χ3n) is 5.79. The van der Waals surface area contributed by atoms with Gasteiger partial charge in [-0.15, -0.1) is 11.8 Å². The molecule has 28 heavy (non-hydrogen) atoms. The number of para-hydroxylation sites is 1. The van der Waals surface area contributed by atoms with Crippen LogP contribution in [0.15, 0.2) is 47.6 Å². The summed E-state index contributed by atoms with van der Waals surface area (Å²) in [6, 6.07) is 9.83. The van der Waals surface area contributed by atoms with E-state index in [1.54, 1.807) is 24.2 Å². The largest absolute Gasteiger partial charge is 0.340 e. The zero-order valence-electron chi connectivity index (χ0n) is 16.3. The zero-order chi connectivity index (χ0) is 19.4. The lowest BCUT2D eigenvalue weighted by Crippen LogP contribution is -2.54. The second-order valence-electron chi connectivity index (χ2n) is 7.73. The molecule has 2 saturated heterocycles. The van der Waals surface area contributed by atoms with E-state index < -0.39 is 0 Å². The number of aromatic nitrogens is 2. The molecule has 1 N–H and O–H groups in total. The molecule has 4 rings (SSSR count). The summed E-state index contributed by atoms with van der Waals surface area (Å²) >= 11 is 1.65. The molecule has 1 atom stereocenters. The van der Waals surface area contributed by atoms with Crippen LogP contribution in [-0.4, -0.2) is 53.3 Å². The Morgan fingerprint density at radius 1 is 1.07 bits per heavy atom. The predicted octanol–water partition coefficient (Wildman–Crippen LogP) is 4.11. The predicted molar refractivity (Wildman–Crippen MR) is 114 cm³/mol.